The summed E-state index contributed by atoms with van der Waals surface area (Å²) in [5.41, 5.74) is -0.998. The highest BCUT2D eigenvalue weighted by atomic mass is 16.5. The van der Waals surface area contributed by atoms with Crippen molar-refractivity contribution in [3.63, 3.8) is 0 Å². The van der Waals surface area contributed by atoms with Crippen LogP contribution in [0, 0.1) is 0 Å². The van der Waals surface area contributed by atoms with Crippen LogP contribution in [-0.2, 0) is 9.53 Å². The van der Waals surface area contributed by atoms with Gasteiger partial charge in [-0.05, 0) is 19.1 Å². The maximum absolute atomic E-state index is 11.7. The van der Waals surface area contributed by atoms with Gasteiger partial charge in [0.25, 0.3) is 5.91 Å². The Hall–Kier alpha value is -1.79. The summed E-state index contributed by atoms with van der Waals surface area (Å²) in [6.07, 6.45) is 0.445. The molecule has 1 amide bonds. The molecule has 0 saturated carbocycles. The molecule has 0 aromatic heterocycles. The summed E-state index contributed by atoms with van der Waals surface area (Å²) in [4.78, 5) is 11.7. The smallest absolute Gasteiger partial charge is 0.258 e. The quantitative estimate of drug-likeness (QED) is 0.710. The topological polar surface area (TPSA) is 77.0 Å². The Morgan fingerprint density at radius 2 is 2.05 bits per heavy atom. The second kappa shape index (κ2) is 8.49. The molecule has 1 rings (SSSR count). The molecular formula is C15H23NO5. The van der Waals surface area contributed by atoms with Gasteiger partial charge in [-0.1, -0.05) is 6.07 Å². The molecule has 0 aliphatic heterocycles. The van der Waals surface area contributed by atoms with Crippen molar-refractivity contribution < 1.29 is 24.1 Å². The van der Waals surface area contributed by atoms with Crippen LogP contribution in [0.4, 0.5) is 0 Å². The van der Waals surface area contributed by atoms with Crippen molar-refractivity contribution in [3.8, 4) is 11.5 Å². The van der Waals surface area contributed by atoms with Gasteiger partial charge in [0, 0.05) is 32.7 Å². The Morgan fingerprint density at radius 3 is 2.71 bits per heavy atom. The van der Waals surface area contributed by atoms with Gasteiger partial charge >= 0.3 is 0 Å². The Bertz CT molecular complexity index is 447. The Kier molecular flexibility index (Phi) is 6.98. The molecule has 118 valence electrons. The molecule has 0 saturated heterocycles. The number of nitrogens with one attached hydrogen (secondary N) is 1. The summed E-state index contributed by atoms with van der Waals surface area (Å²) >= 11 is 0. The Morgan fingerprint density at radius 1 is 1.33 bits per heavy atom. The Balaban J connectivity index is 2.33. The average molecular weight is 297 g/mol. The molecule has 0 fully saturated rings. The van der Waals surface area contributed by atoms with E-state index in [1.54, 1.807) is 45.4 Å². The summed E-state index contributed by atoms with van der Waals surface area (Å²) < 4.78 is 15.3. The molecule has 21 heavy (non-hydrogen) atoms. The van der Waals surface area contributed by atoms with Crippen LogP contribution in [0.3, 0.4) is 0 Å². The summed E-state index contributed by atoms with van der Waals surface area (Å²) in [7, 11) is 3.13. The summed E-state index contributed by atoms with van der Waals surface area (Å²) in [6.45, 7) is 2.11. The van der Waals surface area contributed by atoms with E-state index in [0.717, 1.165) is 0 Å². The van der Waals surface area contributed by atoms with Crippen molar-refractivity contribution in [2.75, 3.05) is 34.0 Å². The standard InChI is InChI=1S/C15H23NO5/c1-15(18,7-8-19-2)11-16-14(17)10-21-13-6-4-5-12(9-13)20-3/h4-6,9,18H,7-8,10-11H2,1-3H3,(H,16,17). The van der Waals surface area contributed by atoms with Gasteiger partial charge in [0.05, 0.1) is 12.7 Å². The first-order chi connectivity index (χ1) is 9.96. The molecule has 0 heterocycles. The lowest BCUT2D eigenvalue weighted by Crippen LogP contribution is -2.42. The lowest BCUT2D eigenvalue weighted by Gasteiger charge is -2.23. The molecule has 6 heteroatoms. The Labute approximate surface area is 125 Å². The molecule has 0 bridgehead atoms. The van der Waals surface area contributed by atoms with E-state index in [1.165, 1.54) is 0 Å². The largest absolute Gasteiger partial charge is 0.497 e. The number of carbonyl (C=O) groups excluding carboxylic acids is 1. The third-order valence-electron chi connectivity index (χ3n) is 2.92. The number of ether oxygens (including phenoxy) is 3. The van der Waals surface area contributed by atoms with Crippen LogP contribution in [0.5, 0.6) is 11.5 Å². The number of hydrogen-bond acceptors (Lipinski definition) is 5. The van der Waals surface area contributed by atoms with Crippen LogP contribution in [0.2, 0.25) is 0 Å². The molecule has 0 aliphatic carbocycles. The van der Waals surface area contributed by atoms with Crippen molar-refractivity contribution in [3.05, 3.63) is 24.3 Å². The number of amides is 1. The second-order valence-electron chi connectivity index (χ2n) is 4.98. The van der Waals surface area contributed by atoms with E-state index in [4.69, 9.17) is 14.2 Å². The number of methoxy groups -OCH3 is 2. The highest BCUT2D eigenvalue weighted by Crippen LogP contribution is 2.18. The number of benzene rings is 1. The van der Waals surface area contributed by atoms with Gasteiger partial charge in [-0.25, -0.2) is 0 Å². The van der Waals surface area contributed by atoms with Gasteiger partial charge in [-0.2, -0.15) is 0 Å². The van der Waals surface area contributed by atoms with E-state index < -0.39 is 5.60 Å². The molecule has 0 spiro atoms. The zero-order valence-corrected chi connectivity index (χ0v) is 12.7. The van der Waals surface area contributed by atoms with Crippen molar-refractivity contribution in [1.82, 2.24) is 5.32 Å². The van der Waals surface area contributed by atoms with E-state index in [0.29, 0.717) is 24.5 Å². The SMILES string of the molecule is COCCC(C)(O)CNC(=O)COc1cccc(OC)c1. The first kappa shape index (κ1) is 17.3. The average Bonchev–Trinajstić information content (AvgIpc) is 2.49. The lowest BCUT2D eigenvalue weighted by molar-refractivity contribution is -0.124. The maximum atomic E-state index is 11.7. The van der Waals surface area contributed by atoms with Crippen LogP contribution in [-0.4, -0.2) is 50.6 Å². The fourth-order valence-corrected chi connectivity index (χ4v) is 1.59. The minimum atomic E-state index is -0.998. The number of hydrogen-bond donors (Lipinski definition) is 2. The van der Waals surface area contributed by atoms with Crippen molar-refractivity contribution in [1.29, 1.82) is 0 Å². The van der Waals surface area contributed by atoms with Crippen molar-refractivity contribution in [2.45, 2.75) is 18.9 Å². The van der Waals surface area contributed by atoms with Gasteiger partial charge < -0.3 is 24.6 Å². The van der Waals surface area contributed by atoms with E-state index in [9.17, 15) is 9.90 Å². The second-order valence-corrected chi connectivity index (χ2v) is 4.98. The molecule has 6 nitrogen and oxygen atoms in total. The molecule has 1 aromatic carbocycles. The zero-order valence-electron chi connectivity index (χ0n) is 12.7. The highest BCUT2D eigenvalue weighted by Gasteiger charge is 2.20. The molecule has 1 aromatic rings. The monoisotopic (exact) mass is 297 g/mol. The number of rotatable bonds is 9. The molecule has 0 aliphatic rings. The van der Waals surface area contributed by atoms with E-state index >= 15 is 0 Å². The summed E-state index contributed by atoms with van der Waals surface area (Å²) in [5.74, 6) is 0.918. The molecule has 1 unspecified atom stereocenters. The van der Waals surface area contributed by atoms with Gasteiger partial charge in [-0.3, -0.25) is 4.79 Å². The fourth-order valence-electron chi connectivity index (χ4n) is 1.59. The van der Waals surface area contributed by atoms with Gasteiger partial charge in [0.15, 0.2) is 6.61 Å². The zero-order chi connectivity index (χ0) is 15.7. The first-order valence-electron chi connectivity index (χ1n) is 6.72. The minimum Gasteiger partial charge on any atom is -0.497 e. The predicted octanol–water partition coefficient (Wildman–Crippen LogP) is 0.978. The third-order valence-corrected chi connectivity index (χ3v) is 2.92. The molecule has 2 N–H and O–H groups in total. The summed E-state index contributed by atoms with van der Waals surface area (Å²) in [6, 6.07) is 7.01. The van der Waals surface area contributed by atoms with E-state index in [-0.39, 0.29) is 19.1 Å². The van der Waals surface area contributed by atoms with Crippen LogP contribution in [0.25, 0.3) is 0 Å². The first-order valence-corrected chi connectivity index (χ1v) is 6.72. The minimum absolute atomic E-state index is 0.118. The summed E-state index contributed by atoms with van der Waals surface area (Å²) in [5, 5.41) is 12.6. The number of aliphatic hydroxyl groups is 1. The number of carbonyl (C=O) groups is 1. The third kappa shape index (κ3) is 6.97. The van der Waals surface area contributed by atoms with Crippen LogP contribution in [0.1, 0.15) is 13.3 Å². The predicted molar refractivity (Wildman–Crippen MR) is 78.6 cm³/mol. The van der Waals surface area contributed by atoms with Crippen molar-refractivity contribution >= 4 is 5.91 Å². The van der Waals surface area contributed by atoms with Crippen LogP contribution < -0.4 is 14.8 Å². The van der Waals surface area contributed by atoms with Crippen molar-refractivity contribution in [2.24, 2.45) is 0 Å². The van der Waals surface area contributed by atoms with Crippen LogP contribution >= 0.6 is 0 Å². The molecular weight excluding hydrogens is 274 g/mol. The highest BCUT2D eigenvalue weighted by molar-refractivity contribution is 5.77. The molecule has 0 radical (unpaired) electrons. The van der Waals surface area contributed by atoms with Gasteiger partial charge in [0.2, 0.25) is 0 Å². The van der Waals surface area contributed by atoms with Crippen LogP contribution in [0.15, 0.2) is 24.3 Å². The normalized spacial score (nSPS) is 13.3. The van der Waals surface area contributed by atoms with Gasteiger partial charge in [-0.15, -0.1) is 0 Å². The maximum Gasteiger partial charge on any atom is 0.258 e. The molecule has 1 atom stereocenters. The van der Waals surface area contributed by atoms with E-state index in [2.05, 4.69) is 5.32 Å². The van der Waals surface area contributed by atoms with E-state index in [1.807, 2.05) is 0 Å². The van der Waals surface area contributed by atoms with Gasteiger partial charge in [0.1, 0.15) is 11.5 Å². The fraction of sp³-hybridized carbons (Fsp3) is 0.533. The lowest BCUT2D eigenvalue weighted by atomic mass is 10.0.